The van der Waals surface area contributed by atoms with Gasteiger partial charge in [0.2, 0.25) is 0 Å². The van der Waals surface area contributed by atoms with Crippen LogP contribution in [0.4, 0.5) is 11.4 Å². The van der Waals surface area contributed by atoms with Gasteiger partial charge in [0.15, 0.2) is 0 Å². The van der Waals surface area contributed by atoms with E-state index in [-0.39, 0.29) is 5.91 Å². The third-order valence-electron chi connectivity index (χ3n) is 3.74. The lowest BCUT2D eigenvalue weighted by Crippen LogP contribution is -2.14. The lowest BCUT2D eigenvalue weighted by molar-refractivity contribution is 0.102. The molecule has 3 rings (SSSR count). The third kappa shape index (κ3) is 3.24. The lowest BCUT2D eigenvalue weighted by Gasteiger charge is -2.12. The summed E-state index contributed by atoms with van der Waals surface area (Å²) in [7, 11) is 0. The van der Waals surface area contributed by atoms with Gasteiger partial charge < -0.3 is 11.1 Å². The fourth-order valence-electron chi connectivity index (χ4n) is 2.47. The Morgan fingerprint density at radius 3 is 2.26 bits per heavy atom. The summed E-state index contributed by atoms with van der Waals surface area (Å²) < 4.78 is 0. The molecular weight excluding hydrogens is 284 g/mol. The number of anilines is 2. The van der Waals surface area contributed by atoms with Gasteiger partial charge in [-0.1, -0.05) is 60.2 Å². The molecule has 3 aromatic carbocycles. The van der Waals surface area contributed by atoms with E-state index in [2.05, 4.69) is 5.32 Å². The van der Waals surface area contributed by atoms with E-state index in [1.54, 1.807) is 12.1 Å². The minimum Gasteiger partial charge on any atom is -0.397 e. The molecule has 0 aliphatic rings. The highest BCUT2D eigenvalue weighted by molar-refractivity contribution is 6.09. The second-order valence-corrected chi connectivity index (χ2v) is 5.45. The highest BCUT2D eigenvalue weighted by Gasteiger charge is 2.13. The van der Waals surface area contributed by atoms with Crippen molar-refractivity contribution >= 4 is 17.3 Å². The Morgan fingerprint density at radius 2 is 1.52 bits per heavy atom. The Labute approximate surface area is 135 Å². The van der Waals surface area contributed by atoms with Crippen LogP contribution in [0.25, 0.3) is 11.1 Å². The molecule has 3 aromatic rings. The Hall–Kier alpha value is -3.07. The van der Waals surface area contributed by atoms with Gasteiger partial charge in [0, 0.05) is 5.56 Å². The van der Waals surface area contributed by atoms with Crippen molar-refractivity contribution in [1.29, 1.82) is 0 Å². The van der Waals surface area contributed by atoms with Gasteiger partial charge in [-0.05, 0) is 36.2 Å². The van der Waals surface area contributed by atoms with Gasteiger partial charge in [-0.25, -0.2) is 0 Å². The zero-order valence-electron chi connectivity index (χ0n) is 12.9. The minimum atomic E-state index is -0.168. The summed E-state index contributed by atoms with van der Waals surface area (Å²) in [5.74, 6) is -0.168. The number of carbonyl (C=O) groups is 1. The molecule has 3 nitrogen and oxygen atoms in total. The Kier molecular flexibility index (Phi) is 4.11. The zero-order chi connectivity index (χ0) is 16.2. The number of nitrogens with two attached hydrogens (primary N) is 1. The molecule has 0 aromatic heterocycles. The lowest BCUT2D eigenvalue weighted by atomic mass is 9.98. The van der Waals surface area contributed by atoms with Crippen molar-refractivity contribution < 1.29 is 4.79 Å². The van der Waals surface area contributed by atoms with Crippen LogP contribution < -0.4 is 11.1 Å². The molecule has 0 radical (unpaired) electrons. The molecule has 0 aliphatic heterocycles. The molecule has 0 saturated heterocycles. The van der Waals surface area contributed by atoms with E-state index >= 15 is 0 Å². The van der Waals surface area contributed by atoms with Crippen LogP contribution in [0.15, 0.2) is 72.8 Å². The summed E-state index contributed by atoms with van der Waals surface area (Å²) in [6.45, 7) is 2.04. The molecule has 114 valence electrons. The topological polar surface area (TPSA) is 55.1 Å². The Balaban J connectivity index is 1.95. The molecule has 0 saturated carbocycles. The van der Waals surface area contributed by atoms with E-state index < -0.39 is 0 Å². The number of nitrogens with one attached hydrogen (secondary N) is 1. The van der Waals surface area contributed by atoms with E-state index in [0.29, 0.717) is 16.9 Å². The highest BCUT2D eigenvalue weighted by atomic mass is 16.1. The van der Waals surface area contributed by atoms with Crippen LogP contribution in [0.3, 0.4) is 0 Å². The number of amides is 1. The number of hydrogen-bond donors (Lipinski definition) is 2. The van der Waals surface area contributed by atoms with Crippen molar-refractivity contribution in [3.63, 3.8) is 0 Å². The summed E-state index contributed by atoms with van der Waals surface area (Å²) in [5.41, 5.74) is 10.8. The first-order chi connectivity index (χ1) is 11.1. The van der Waals surface area contributed by atoms with Crippen molar-refractivity contribution in [3.8, 4) is 11.1 Å². The SMILES string of the molecule is Cc1ccc(-c2ccccc2C(=O)Nc2ccccc2N)cc1. The first-order valence-electron chi connectivity index (χ1n) is 7.47. The van der Waals surface area contributed by atoms with E-state index in [4.69, 9.17) is 5.73 Å². The average Bonchev–Trinajstić information content (AvgIpc) is 2.58. The molecule has 1 amide bonds. The molecule has 0 spiro atoms. The Bertz CT molecular complexity index is 838. The molecule has 0 aliphatic carbocycles. The van der Waals surface area contributed by atoms with Crippen molar-refractivity contribution in [3.05, 3.63) is 83.9 Å². The molecule has 0 atom stereocenters. The fourth-order valence-corrected chi connectivity index (χ4v) is 2.47. The number of hydrogen-bond acceptors (Lipinski definition) is 2. The summed E-state index contributed by atoms with van der Waals surface area (Å²) in [5, 5.41) is 2.88. The molecule has 3 heteroatoms. The van der Waals surface area contributed by atoms with E-state index in [1.807, 2.05) is 67.6 Å². The van der Waals surface area contributed by atoms with Crippen molar-refractivity contribution in [2.75, 3.05) is 11.1 Å². The molecular formula is C20H18N2O. The zero-order valence-corrected chi connectivity index (χ0v) is 12.9. The molecule has 0 bridgehead atoms. The smallest absolute Gasteiger partial charge is 0.256 e. The van der Waals surface area contributed by atoms with Gasteiger partial charge >= 0.3 is 0 Å². The number of aryl methyl sites for hydroxylation is 1. The highest BCUT2D eigenvalue weighted by Crippen LogP contribution is 2.26. The molecule has 23 heavy (non-hydrogen) atoms. The Morgan fingerprint density at radius 1 is 0.870 bits per heavy atom. The van der Waals surface area contributed by atoms with Crippen LogP contribution in [-0.2, 0) is 0 Å². The van der Waals surface area contributed by atoms with Crippen molar-refractivity contribution in [2.45, 2.75) is 6.92 Å². The predicted molar refractivity (Wildman–Crippen MR) is 95.4 cm³/mol. The summed E-state index contributed by atoms with van der Waals surface area (Å²) in [6.07, 6.45) is 0. The quantitative estimate of drug-likeness (QED) is 0.700. The standard InChI is InChI=1S/C20H18N2O/c1-14-10-12-15(13-11-14)16-6-2-3-7-17(16)20(23)22-19-9-5-4-8-18(19)21/h2-13H,21H2,1H3,(H,22,23). The van der Waals surface area contributed by atoms with Crippen LogP contribution in [0.1, 0.15) is 15.9 Å². The van der Waals surface area contributed by atoms with Crippen LogP contribution in [0.5, 0.6) is 0 Å². The minimum absolute atomic E-state index is 0.168. The number of benzene rings is 3. The van der Waals surface area contributed by atoms with Gasteiger partial charge in [-0.15, -0.1) is 0 Å². The van der Waals surface area contributed by atoms with Crippen LogP contribution >= 0.6 is 0 Å². The number of carbonyl (C=O) groups excluding carboxylic acids is 1. The molecule has 0 heterocycles. The third-order valence-corrected chi connectivity index (χ3v) is 3.74. The van der Waals surface area contributed by atoms with Crippen molar-refractivity contribution in [2.24, 2.45) is 0 Å². The largest absolute Gasteiger partial charge is 0.397 e. The van der Waals surface area contributed by atoms with Gasteiger partial charge in [-0.3, -0.25) is 4.79 Å². The summed E-state index contributed by atoms with van der Waals surface area (Å²) >= 11 is 0. The van der Waals surface area contributed by atoms with E-state index in [9.17, 15) is 4.79 Å². The number of para-hydroxylation sites is 2. The van der Waals surface area contributed by atoms with Gasteiger partial charge in [-0.2, -0.15) is 0 Å². The van der Waals surface area contributed by atoms with Gasteiger partial charge in [0.1, 0.15) is 0 Å². The maximum atomic E-state index is 12.7. The molecule has 0 fully saturated rings. The molecule has 3 N–H and O–H groups in total. The number of rotatable bonds is 3. The normalized spacial score (nSPS) is 10.3. The van der Waals surface area contributed by atoms with E-state index in [0.717, 1.165) is 11.1 Å². The van der Waals surface area contributed by atoms with Crippen LogP contribution in [-0.4, -0.2) is 5.91 Å². The van der Waals surface area contributed by atoms with E-state index in [1.165, 1.54) is 5.56 Å². The summed E-state index contributed by atoms with van der Waals surface area (Å²) in [6, 6.07) is 22.9. The average molecular weight is 302 g/mol. The number of nitrogen functional groups attached to an aromatic ring is 1. The van der Waals surface area contributed by atoms with Crippen LogP contribution in [0.2, 0.25) is 0 Å². The van der Waals surface area contributed by atoms with Gasteiger partial charge in [0.05, 0.1) is 11.4 Å². The fraction of sp³-hybridized carbons (Fsp3) is 0.0500. The second kappa shape index (κ2) is 6.36. The molecule has 0 unspecified atom stereocenters. The summed E-state index contributed by atoms with van der Waals surface area (Å²) in [4.78, 5) is 12.7. The maximum absolute atomic E-state index is 12.7. The first kappa shape index (κ1) is 14.9. The van der Waals surface area contributed by atoms with Gasteiger partial charge in [0.25, 0.3) is 5.91 Å². The van der Waals surface area contributed by atoms with Crippen molar-refractivity contribution in [1.82, 2.24) is 0 Å². The predicted octanol–water partition coefficient (Wildman–Crippen LogP) is 4.50. The first-order valence-corrected chi connectivity index (χ1v) is 7.47. The van der Waals surface area contributed by atoms with Crippen LogP contribution in [0, 0.1) is 6.92 Å². The second-order valence-electron chi connectivity index (χ2n) is 5.45. The maximum Gasteiger partial charge on any atom is 0.256 e. The monoisotopic (exact) mass is 302 g/mol.